The molecule has 1 aliphatic heterocycles. The third-order valence-electron chi connectivity index (χ3n) is 4.76. The summed E-state index contributed by atoms with van der Waals surface area (Å²) >= 11 is 0. The lowest BCUT2D eigenvalue weighted by Gasteiger charge is -2.22. The topological polar surface area (TPSA) is 77.8 Å². The number of amides is 1. The van der Waals surface area contributed by atoms with Crippen LogP contribution in [0.1, 0.15) is 50.5 Å². The Morgan fingerprint density at radius 1 is 1.19 bits per heavy atom. The lowest BCUT2D eigenvalue weighted by Crippen LogP contribution is -2.32. The highest BCUT2D eigenvalue weighted by Crippen LogP contribution is 2.21. The zero-order valence-corrected chi connectivity index (χ0v) is 15.2. The minimum atomic E-state index is -0.751. The smallest absolute Gasteiger partial charge is 0.303 e. The van der Waals surface area contributed by atoms with Crippen molar-refractivity contribution in [2.24, 2.45) is 0 Å². The maximum absolute atomic E-state index is 12.1. The molecule has 1 aliphatic rings. The van der Waals surface area contributed by atoms with Gasteiger partial charge in [-0.25, -0.2) is 0 Å². The van der Waals surface area contributed by atoms with E-state index in [9.17, 15) is 14.7 Å². The summed E-state index contributed by atoms with van der Waals surface area (Å²) in [5.74, 6) is -0.582. The lowest BCUT2D eigenvalue weighted by molar-refractivity contribution is -0.137. The van der Waals surface area contributed by atoms with Crippen LogP contribution in [-0.2, 0) is 16.0 Å². The van der Waals surface area contributed by atoms with Gasteiger partial charge in [0.15, 0.2) is 0 Å². The Kier molecular flexibility index (Phi) is 8.35. The monoisotopic (exact) mass is 359 g/mol. The van der Waals surface area contributed by atoms with Crippen LogP contribution >= 0.6 is 0 Å². The molecule has 0 aliphatic carbocycles. The Morgan fingerprint density at radius 3 is 2.65 bits per heavy atom. The quantitative estimate of drug-likeness (QED) is 0.470. The molecule has 0 bridgehead atoms. The highest BCUT2D eigenvalue weighted by atomic mass is 16.4. The van der Waals surface area contributed by atoms with E-state index in [1.54, 1.807) is 6.08 Å². The average molecular weight is 359 g/mol. The number of carboxylic acids is 1. The first kappa shape index (κ1) is 20.2. The SMILES string of the molecule is O=C(O)CCCCCCN1C(=O)CCC1C=CC(O)Cc1ccccc1. The van der Waals surface area contributed by atoms with Crippen molar-refractivity contribution in [1.29, 1.82) is 0 Å². The molecule has 0 saturated carbocycles. The Balaban J connectivity index is 1.74. The molecule has 1 saturated heterocycles. The minimum Gasteiger partial charge on any atom is -0.481 e. The number of aliphatic hydroxyl groups excluding tert-OH is 1. The van der Waals surface area contributed by atoms with Crippen LogP contribution in [0.25, 0.3) is 0 Å². The summed E-state index contributed by atoms with van der Waals surface area (Å²) in [6, 6.07) is 9.92. The maximum atomic E-state index is 12.1. The second-order valence-electron chi connectivity index (χ2n) is 6.89. The predicted molar refractivity (Wildman–Crippen MR) is 101 cm³/mol. The number of carbonyl (C=O) groups excluding carboxylic acids is 1. The fourth-order valence-electron chi connectivity index (χ4n) is 3.34. The van der Waals surface area contributed by atoms with Crippen LogP contribution in [0.15, 0.2) is 42.5 Å². The molecule has 2 unspecified atom stereocenters. The van der Waals surface area contributed by atoms with Crippen molar-refractivity contribution in [3.8, 4) is 0 Å². The van der Waals surface area contributed by atoms with Gasteiger partial charge in [0, 0.05) is 25.8 Å². The van der Waals surface area contributed by atoms with E-state index in [4.69, 9.17) is 5.11 Å². The summed E-state index contributed by atoms with van der Waals surface area (Å²) in [6.07, 6.45) is 8.75. The first-order valence-corrected chi connectivity index (χ1v) is 9.48. The van der Waals surface area contributed by atoms with Gasteiger partial charge in [0.2, 0.25) is 5.91 Å². The van der Waals surface area contributed by atoms with Crippen molar-refractivity contribution >= 4 is 11.9 Å². The Morgan fingerprint density at radius 2 is 1.92 bits per heavy atom. The fraction of sp³-hybridized carbons (Fsp3) is 0.524. The van der Waals surface area contributed by atoms with Crippen molar-refractivity contribution in [2.45, 2.75) is 63.5 Å². The molecule has 142 valence electrons. The standard InChI is InChI=1S/C21H29NO4/c23-19(16-17-8-4-3-5-9-17)13-11-18-12-14-20(24)22(18)15-7-2-1-6-10-21(25)26/h3-5,8-9,11,13,18-19,23H,1-2,6-7,10,12,14-16H2,(H,25,26). The van der Waals surface area contributed by atoms with Gasteiger partial charge >= 0.3 is 5.97 Å². The van der Waals surface area contributed by atoms with E-state index in [0.717, 1.165) is 31.2 Å². The molecule has 1 fully saturated rings. The highest BCUT2D eigenvalue weighted by molar-refractivity contribution is 5.79. The van der Waals surface area contributed by atoms with Gasteiger partial charge in [-0.2, -0.15) is 0 Å². The van der Waals surface area contributed by atoms with Crippen molar-refractivity contribution in [3.63, 3.8) is 0 Å². The van der Waals surface area contributed by atoms with Crippen molar-refractivity contribution in [2.75, 3.05) is 6.54 Å². The summed E-state index contributed by atoms with van der Waals surface area (Å²) in [5.41, 5.74) is 1.09. The van der Waals surface area contributed by atoms with E-state index in [1.807, 2.05) is 41.3 Å². The second-order valence-corrected chi connectivity index (χ2v) is 6.89. The minimum absolute atomic E-state index is 0.0620. The molecule has 26 heavy (non-hydrogen) atoms. The van der Waals surface area contributed by atoms with Gasteiger partial charge < -0.3 is 15.1 Å². The van der Waals surface area contributed by atoms with Gasteiger partial charge in [0.1, 0.15) is 0 Å². The molecule has 5 heteroatoms. The van der Waals surface area contributed by atoms with Crippen LogP contribution < -0.4 is 0 Å². The fourth-order valence-corrected chi connectivity index (χ4v) is 3.34. The van der Waals surface area contributed by atoms with Gasteiger partial charge in [-0.05, 0) is 24.8 Å². The predicted octanol–water partition coefficient (Wildman–Crippen LogP) is 3.17. The van der Waals surface area contributed by atoms with Gasteiger partial charge in [-0.15, -0.1) is 0 Å². The number of benzene rings is 1. The van der Waals surface area contributed by atoms with E-state index in [2.05, 4.69) is 0 Å². The van der Waals surface area contributed by atoms with Crippen LogP contribution in [0.3, 0.4) is 0 Å². The van der Waals surface area contributed by atoms with Crippen LogP contribution in [-0.4, -0.2) is 45.7 Å². The molecule has 1 heterocycles. The number of rotatable bonds is 11. The molecule has 2 N–H and O–H groups in total. The van der Waals surface area contributed by atoms with Crippen molar-refractivity contribution < 1.29 is 19.8 Å². The van der Waals surface area contributed by atoms with Gasteiger partial charge in [-0.3, -0.25) is 9.59 Å². The normalized spacial score (nSPS) is 18.6. The van der Waals surface area contributed by atoms with Crippen molar-refractivity contribution in [3.05, 3.63) is 48.0 Å². The molecule has 0 aromatic heterocycles. The average Bonchev–Trinajstić information content (AvgIpc) is 2.97. The molecule has 5 nitrogen and oxygen atoms in total. The number of carbonyl (C=O) groups is 2. The Bertz CT molecular complexity index is 599. The largest absolute Gasteiger partial charge is 0.481 e. The number of aliphatic carboxylic acids is 1. The zero-order chi connectivity index (χ0) is 18.8. The van der Waals surface area contributed by atoms with Crippen LogP contribution in [0, 0.1) is 0 Å². The molecular weight excluding hydrogens is 330 g/mol. The summed E-state index contributed by atoms with van der Waals surface area (Å²) < 4.78 is 0. The maximum Gasteiger partial charge on any atom is 0.303 e. The Hall–Kier alpha value is -2.14. The van der Waals surface area contributed by atoms with Gasteiger partial charge in [0.25, 0.3) is 0 Å². The second kappa shape index (κ2) is 10.8. The van der Waals surface area contributed by atoms with Gasteiger partial charge in [-0.1, -0.05) is 55.3 Å². The molecule has 2 atom stereocenters. The third-order valence-corrected chi connectivity index (χ3v) is 4.76. The number of hydrogen-bond donors (Lipinski definition) is 2. The number of unbranched alkanes of at least 4 members (excludes halogenated alkanes) is 3. The third kappa shape index (κ3) is 7.00. The molecule has 0 radical (unpaired) electrons. The van der Waals surface area contributed by atoms with E-state index in [-0.39, 0.29) is 18.4 Å². The van der Waals surface area contributed by atoms with Crippen LogP contribution in [0.2, 0.25) is 0 Å². The highest BCUT2D eigenvalue weighted by Gasteiger charge is 2.28. The summed E-state index contributed by atoms with van der Waals surface area (Å²) in [4.78, 5) is 24.5. The molecule has 1 amide bonds. The molecular formula is C21H29NO4. The molecule has 0 spiro atoms. The van der Waals surface area contributed by atoms with Crippen LogP contribution in [0.5, 0.6) is 0 Å². The molecule has 1 aromatic carbocycles. The van der Waals surface area contributed by atoms with Crippen LogP contribution in [0.4, 0.5) is 0 Å². The summed E-state index contributed by atoms with van der Waals surface area (Å²) in [5, 5.41) is 18.8. The number of aliphatic hydroxyl groups is 1. The lowest BCUT2D eigenvalue weighted by atomic mass is 10.1. The van der Waals surface area contributed by atoms with E-state index < -0.39 is 12.1 Å². The summed E-state index contributed by atoms with van der Waals surface area (Å²) in [7, 11) is 0. The number of carboxylic acid groups (broad SMARTS) is 1. The number of hydrogen-bond acceptors (Lipinski definition) is 3. The first-order valence-electron chi connectivity index (χ1n) is 9.48. The molecule has 2 rings (SSSR count). The summed E-state index contributed by atoms with van der Waals surface area (Å²) in [6.45, 7) is 0.704. The van der Waals surface area contributed by atoms with E-state index in [1.165, 1.54) is 0 Å². The Labute approximate surface area is 155 Å². The number of nitrogens with zero attached hydrogens (tertiary/aromatic N) is 1. The number of likely N-dealkylation sites (tertiary alicyclic amines) is 1. The van der Waals surface area contributed by atoms with Crippen molar-refractivity contribution in [1.82, 2.24) is 4.90 Å². The van der Waals surface area contributed by atoms with Gasteiger partial charge in [0.05, 0.1) is 12.1 Å². The van der Waals surface area contributed by atoms with E-state index >= 15 is 0 Å². The zero-order valence-electron chi connectivity index (χ0n) is 15.2. The first-order chi connectivity index (χ1) is 12.6. The van der Waals surface area contributed by atoms with E-state index in [0.29, 0.717) is 25.8 Å². The molecule has 1 aromatic rings.